The molecule has 2 rings (SSSR count). The third-order valence-corrected chi connectivity index (χ3v) is 6.21. The van der Waals surface area contributed by atoms with Gasteiger partial charge in [0.05, 0.1) is 0 Å². The van der Waals surface area contributed by atoms with E-state index in [1.807, 2.05) is 0 Å². The number of halogens is 1. The lowest BCUT2D eigenvalue weighted by Gasteiger charge is -2.36. The van der Waals surface area contributed by atoms with Gasteiger partial charge in [0.25, 0.3) is 5.91 Å². The second-order valence-electron chi connectivity index (χ2n) is 6.53. The fraction of sp³-hybridized carbons (Fsp3) is 0.500. The molecule has 1 aliphatic rings. The molecule has 0 aliphatic heterocycles. The van der Waals surface area contributed by atoms with Gasteiger partial charge in [-0.2, -0.15) is 0 Å². The Morgan fingerprint density at radius 2 is 2.08 bits per heavy atom. The van der Waals surface area contributed by atoms with E-state index in [2.05, 4.69) is 18.2 Å². The summed E-state index contributed by atoms with van der Waals surface area (Å²) in [6.45, 7) is 5.53. The van der Waals surface area contributed by atoms with Crippen LogP contribution in [0.1, 0.15) is 43.0 Å². The highest BCUT2D eigenvalue weighted by molar-refractivity contribution is 7.89. The Bertz CT molecular complexity index is 749. The fourth-order valence-electron chi connectivity index (χ4n) is 3.32. The van der Waals surface area contributed by atoms with E-state index in [-0.39, 0.29) is 24.1 Å². The molecule has 0 radical (unpaired) electrons. The molecule has 1 aromatic rings. The lowest BCUT2D eigenvalue weighted by Crippen LogP contribution is -2.42. The van der Waals surface area contributed by atoms with Gasteiger partial charge in [0.2, 0.25) is 10.0 Å². The largest absolute Gasteiger partial charge is 0.338 e. The van der Waals surface area contributed by atoms with Crippen molar-refractivity contribution < 1.29 is 17.6 Å². The average molecular weight is 368 g/mol. The molecular formula is C18H25FN2O3S. The van der Waals surface area contributed by atoms with Gasteiger partial charge in [-0.05, 0) is 37.0 Å². The van der Waals surface area contributed by atoms with Crippen molar-refractivity contribution in [2.45, 2.75) is 43.5 Å². The Morgan fingerprint density at radius 1 is 1.40 bits per heavy atom. The van der Waals surface area contributed by atoms with Gasteiger partial charge in [-0.25, -0.2) is 17.5 Å². The molecule has 1 amide bonds. The molecule has 0 bridgehead atoms. The van der Waals surface area contributed by atoms with E-state index in [4.69, 9.17) is 0 Å². The zero-order chi connectivity index (χ0) is 18.6. The van der Waals surface area contributed by atoms with Crippen molar-refractivity contribution in [2.75, 3.05) is 13.6 Å². The Hall–Kier alpha value is -1.73. The third kappa shape index (κ3) is 4.46. The van der Waals surface area contributed by atoms with Crippen molar-refractivity contribution in [1.29, 1.82) is 0 Å². The zero-order valence-corrected chi connectivity index (χ0v) is 15.5. The molecule has 0 saturated heterocycles. The van der Waals surface area contributed by atoms with Crippen LogP contribution in [0.15, 0.2) is 35.7 Å². The molecule has 1 aliphatic carbocycles. The molecule has 0 aromatic heterocycles. The van der Waals surface area contributed by atoms with Gasteiger partial charge in [0.1, 0.15) is 10.7 Å². The fourth-order valence-corrected chi connectivity index (χ4v) is 4.41. The van der Waals surface area contributed by atoms with E-state index in [1.165, 1.54) is 12.1 Å². The lowest BCUT2D eigenvalue weighted by atomic mass is 9.85. The van der Waals surface area contributed by atoms with Gasteiger partial charge in [0.15, 0.2) is 0 Å². The molecule has 2 atom stereocenters. The van der Waals surface area contributed by atoms with Crippen molar-refractivity contribution in [3.63, 3.8) is 0 Å². The normalized spacial score (nSPS) is 20.9. The Balaban J connectivity index is 2.29. The summed E-state index contributed by atoms with van der Waals surface area (Å²) in [4.78, 5) is 13.9. The topological polar surface area (TPSA) is 66.5 Å². The molecule has 1 aromatic carbocycles. The van der Waals surface area contributed by atoms with E-state index < -0.39 is 20.7 Å². The number of nitrogens with one attached hydrogen (secondary N) is 1. The molecule has 138 valence electrons. The Kier molecular flexibility index (Phi) is 6.35. The third-order valence-electron chi connectivity index (χ3n) is 4.77. The monoisotopic (exact) mass is 368 g/mol. The highest BCUT2D eigenvalue weighted by Gasteiger charge is 2.29. The molecule has 0 spiro atoms. The van der Waals surface area contributed by atoms with Crippen molar-refractivity contribution in [3.05, 3.63) is 42.2 Å². The minimum absolute atomic E-state index is 0.0144. The predicted molar refractivity (Wildman–Crippen MR) is 95.3 cm³/mol. The maximum Gasteiger partial charge on any atom is 0.253 e. The van der Waals surface area contributed by atoms with E-state index >= 15 is 0 Å². The van der Waals surface area contributed by atoms with Gasteiger partial charge >= 0.3 is 0 Å². The molecule has 2 unspecified atom stereocenters. The van der Waals surface area contributed by atoms with Crippen molar-refractivity contribution >= 4 is 15.9 Å². The van der Waals surface area contributed by atoms with Gasteiger partial charge in [-0.15, -0.1) is 6.58 Å². The van der Waals surface area contributed by atoms with E-state index in [0.29, 0.717) is 5.92 Å². The smallest absolute Gasteiger partial charge is 0.253 e. The average Bonchev–Trinajstić information content (AvgIpc) is 2.59. The lowest BCUT2D eigenvalue weighted by molar-refractivity contribution is 0.0628. The minimum Gasteiger partial charge on any atom is -0.338 e. The first kappa shape index (κ1) is 19.6. The number of carbonyl (C=O) groups is 1. The predicted octanol–water partition coefficient (Wildman–Crippen LogP) is 2.94. The van der Waals surface area contributed by atoms with E-state index in [1.54, 1.807) is 11.9 Å². The van der Waals surface area contributed by atoms with Crippen LogP contribution in [0.5, 0.6) is 0 Å². The van der Waals surface area contributed by atoms with Crippen LogP contribution >= 0.6 is 0 Å². The number of nitrogens with zero attached hydrogens (tertiary/aromatic N) is 1. The molecule has 25 heavy (non-hydrogen) atoms. The van der Waals surface area contributed by atoms with Crippen molar-refractivity contribution in [3.8, 4) is 0 Å². The molecule has 1 N–H and O–H groups in total. The molecule has 0 heterocycles. The van der Waals surface area contributed by atoms with Gasteiger partial charge < -0.3 is 4.90 Å². The van der Waals surface area contributed by atoms with Crippen LogP contribution in [0.25, 0.3) is 0 Å². The summed E-state index contributed by atoms with van der Waals surface area (Å²) in [6.07, 6.45) is 5.59. The van der Waals surface area contributed by atoms with Crippen LogP contribution in [-0.4, -0.2) is 38.9 Å². The first-order valence-corrected chi connectivity index (χ1v) is 9.93. The van der Waals surface area contributed by atoms with Crippen molar-refractivity contribution in [1.82, 2.24) is 9.62 Å². The molecule has 1 saturated carbocycles. The van der Waals surface area contributed by atoms with Crippen LogP contribution in [0.4, 0.5) is 4.39 Å². The number of benzene rings is 1. The molecule has 1 fully saturated rings. The minimum atomic E-state index is -4.04. The Labute approximate surface area is 149 Å². The number of sulfonamides is 1. The van der Waals surface area contributed by atoms with Gasteiger partial charge in [-0.3, -0.25) is 4.79 Å². The van der Waals surface area contributed by atoms with Crippen LogP contribution in [0, 0.1) is 11.7 Å². The van der Waals surface area contributed by atoms with Crippen LogP contribution < -0.4 is 4.72 Å². The summed E-state index contributed by atoms with van der Waals surface area (Å²) < 4.78 is 40.6. The molecule has 5 nitrogen and oxygen atoms in total. The second-order valence-corrected chi connectivity index (χ2v) is 8.27. The van der Waals surface area contributed by atoms with Gasteiger partial charge in [0, 0.05) is 25.2 Å². The first-order valence-electron chi connectivity index (χ1n) is 8.45. The number of rotatable bonds is 6. The highest BCUT2D eigenvalue weighted by atomic mass is 32.2. The summed E-state index contributed by atoms with van der Waals surface area (Å²) >= 11 is 0. The highest BCUT2D eigenvalue weighted by Crippen LogP contribution is 2.28. The van der Waals surface area contributed by atoms with Gasteiger partial charge in [-0.1, -0.05) is 25.8 Å². The zero-order valence-electron chi connectivity index (χ0n) is 14.7. The number of hydrogen-bond donors (Lipinski definition) is 1. The summed E-state index contributed by atoms with van der Waals surface area (Å²) in [5, 5.41) is 0. The summed E-state index contributed by atoms with van der Waals surface area (Å²) in [5.74, 6) is -0.790. The van der Waals surface area contributed by atoms with Crippen molar-refractivity contribution in [2.24, 2.45) is 5.92 Å². The second kappa shape index (κ2) is 8.10. The van der Waals surface area contributed by atoms with Crippen LogP contribution in [0.3, 0.4) is 0 Å². The summed E-state index contributed by atoms with van der Waals surface area (Å²) in [5.41, 5.74) is 0.167. The first-order chi connectivity index (χ1) is 11.8. The summed E-state index contributed by atoms with van der Waals surface area (Å²) in [7, 11) is -2.31. The molecule has 7 heteroatoms. The summed E-state index contributed by atoms with van der Waals surface area (Å²) in [6, 6.07) is 3.57. The molecular weight excluding hydrogens is 343 g/mol. The maximum absolute atomic E-state index is 14.0. The van der Waals surface area contributed by atoms with E-state index in [9.17, 15) is 17.6 Å². The Morgan fingerprint density at radius 3 is 2.72 bits per heavy atom. The standard InChI is InChI=1S/C18H25FN2O3S/c1-4-11-20-25(23,24)17-12-14(9-10-15(17)19)18(22)21(3)16-8-6-5-7-13(16)2/h4,9-10,12-13,16,20H,1,5-8,11H2,2-3H3. The van der Waals surface area contributed by atoms with Crippen LogP contribution in [-0.2, 0) is 10.0 Å². The van der Waals surface area contributed by atoms with Crippen LogP contribution in [0.2, 0.25) is 0 Å². The number of hydrogen-bond acceptors (Lipinski definition) is 3. The quantitative estimate of drug-likeness (QED) is 0.785. The van der Waals surface area contributed by atoms with E-state index in [0.717, 1.165) is 37.8 Å². The SMILES string of the molecule is C=CCNS(=O)(=O)c1cc(C(=O)N(C)C2CCCCC2C)ccc1F. The number of carbonyl (C=O) groups excluding carboxylic acids is 1. The number of amides is 1. The maximum atomic E-state index is 14.0.